The number of nitrogens with one attached hydrogen (secondary N) is 2. The quantitative estimate of drug-likeness (QED) is 0.165. The molecule has 9 heteroatoms. The maximum absolute atomic E-state index is 12.9. The van der Waals surface area contributed by atoms with Crippen molar-refractivity contribution in [3.05, 3.63) is 102 Å². The van der Waals surface area contributed by atoms with Crippen molar-refractivity contribution in [1.29, 1.82) is 0 Å². The molecule has 0 saturated carbocycles. The summed E-state index contributed by atoms with van der Waals surface area (Å²) in [5.74, 6) is -0.827. The molecule has 0 bridgehead atoms. The summed E-state index contributed by atoms with van der Waals surface area (Å²) in [6.07, 6.45) is 2.41. The van der Waals surface area contributed by atoms with Crippen molar-refractivity contribution in [3.63, 3.8) is 0 Å². The summed E-state index contributed by atoms with van der Waals surface area (Å²) in [5.41, 5.74) is 1.26. The van der Waals surface area contributed by atoms with Crippen LogP contribution in [0, 0.1) is 5.82 Å². The molecule has 4 aromatic carbocycles. The van der Waals surface area contributed by atoms with E-state index >= 15 is 0 Å². The van der Waals surface area contributed by atoms with Crippen LogP contribution in [-0.4, -0.2) is 22.1 Å². The van der Waals surface area contributed by atoms with Gasteiger partial charge in [0.15, 0.2) is 11.0 Å². The first-order chi connectivity index (χ1) is 17.0. The molecule has 35 heavy (non-hydrogen) atoms. The van der Waals surface area contributed by atoms with Crippen LogP contribution in [0.2, 0.25) is 5.15 Å². The molecule has 5 rings (SSSR count). The van der Waals surface area contributed by atoms with Crippen molar-refractivity contribution in [2.45, 2.75) is 0 Å². The summed E-state index contributed by atoms with van der Waals surface area (Å²) in [5, 5.41) is 8.98. The van der Waals surface area contributed by atoms with E-state index in [9.17, 15) is 14.0 Å². The van der Waals surface area contributed by atoms with E-state index < -0.39 is 11.8 Å². The zero-order valence-electron chi connectivity index (χ0n) is 18.1. The highest BCUT2D eigenvalue weighted by atomic mass is 35.5. The van der Waals surface area contributed by atoms with Gasteiger partial charge in [0, 0.05) is 5.69 Å². The minimum Gasteiger partial charge on any atom is -0.308 e. The second-order valence-electron chi connectivity index (χ2n) is 7.21. The molecule has 0 aliphatic carbocycles. The average molecular weight is 486 g/mol. The van der Waals surface area contributed by atoms with E-state index in [0.29, 0.717) is 11.4 Å². The molecule has 172 valence electrons. The number of carbonyl (C=O) groups is 1. The fraction of sp³-hybridized carbons (Fsp3) is 0. The number of rotatable bonds is 3. The van der Waals surface area contributed by atoms with Crippen LogP contribution in [0.25, 0.3) is 21.5 Å². The highest BCUT2D eigenvalue weighted by Crippen LogP contribution is 2.21. The lowest BCUT2D eigenvalue weighted by Gasteiger charge is -2.07. The van der Waals surface area contributed by atoms with E-state index in [1.807, 2.05) is 72.8 Å². The molecule has 7 nitrogen and oxygen atoms in total. The normalized spacial score (nSPS) is 10.1. The standard InChI is InChI=1S/C15H10ClFN4O.C11H7NO/c16-13-12(17)8-18-14(20-13)21-15(22)19-11-6-5-9-3-1-2-4-10(9)7-11;13-8-12-11-6-5-9-3-1-2-4-10(9)7-11/h1-8H,(H2,18,19,20,21,22);1-7H. The van der Waals surface area contributed by atoms with Crippen molar-refractivity contribution in [3.8, 4) is 0 Å². The van der Waals surface area contributed by atoms with Crippen LogP contribution in [0.15, 0.2) is 96.1 Å². The van der Waals surface area contributed by atoms with Gasteiger partial charge in [-0.05, 0) is 45.8 Å². The minimum atomic E-state index is -0.748. The van der Waals surface area contributed by atoms with Crippen LogP contribution in [0.4, 0.5) is 26.5 Å². The molecule has 0 aliphatic heterocycles. The molecule has 2 N–H and O–H groups in total. The summed E-state index contributed by atoms with van der Waals surface area (Å²) in [7, 11) is 0. The fourth-order valence-electron chi connectivity index (χ4n) is 3.24. The third kappa shape index (κ3) is 6.23. The van der Waals surface area contributed by atoms with E-state index in [0.717, 1.165) is 27.7 Å². The molecule has 1 heterocycles. The fourth-order valence-corrected chi connectivity index (χ4v) is 3.37. The molecular weight excluding hydrogens is 469 g/mol. The van der Waals surface area contributed by atoms with Crippen LogP contribution < -0.4 is 10.6 Å². The second kappa shape index (κ2) is 11.0. The van der Waals surface area contributed by atoms with Gasteiger partial charge < -0.3 is 5.32 Å². The number of benzene rings is 4. The van der Waals surface area contributed by atoms with E-state index in [2.05, 4.69) is 25.6 Å². The summed E-state index contributed by atoms with van der Waals surface area (Å²) in [4.78, 5) is 32.7. The molecule has 5 aromatic rings. The monoisotopic (exact) mass is 485 g/mol. The molecule has 0 spiro atoms. The van der Waals surface area contributed by atoms with Gasteiger partial charge in [-0.1, -0.05) is 72.3 Å². The Hall–Kier alpha value is -4.65. The SMILES string of the molecule is O=C(Nc1ccc2ccccc2c1)Nc1ncc(F)c(Cl)n1.O=C=Nc1ccc2ccccc2c1. The van der Waals surface area contributed by atoms with Crippen LogP contribution in [0.5, 0.6) is 0 Å². The molecular formula is C26H17ClFN5O2. The van der Waals surface area contributed by atoms with E-state index in [1.54, 1.807) is 12.1 Å². The van der Waals surface area contributed by atoms with Crippen molar-refractivity contribution in [1.82, 2.24) is 9.97 Å². The highest BCUT2D eigenvalue weighted by molar-refractivity contribution is 6.29. The number of hydrogen-bond donors (Lipinski definition) is 2. The van der Waals surface area contributed by atoms with Crippen LogP contribution in [-0.2, 0) is 4.79 Å². The Morgan fingerprint density at radius 2 is 1.49 bits per heavy atom. The lowest BCUT2D eigenvalue weighted by atomic mass is 10.1. The molecule has 0 aliphatic rings. The number of carbonyl (C=O) groups excluding carboxylic acids is 2. The topological polar surface area (TPSA) is 96.3 Å². The van der Waals surface area contributed by atoms with Crippen molar-refractivity contribution < 1.29 is 14.0 Å². The number of nitrogens with zero attached hydrogens (tertiary/aromatic N) is 3. The first kappa shape index (κ1) is 23.5. The maximum atomic E-state index is 12.9. The molecule has 0 atom stereocenters. The number of urea groups is 1. The first-order valence-electron chi connectivity index (χ1n) is 10.3. The molecule has 1 aromatic heterocycles. The molecule has 2 amide bonds. The molecule has 0 radical (unpaired) electrons. The first-order valence-corrected chi connectivity index (χ1v) is 10.7. The lowest BCUT2D eigenvalue weighted by Crippen LogP contribution is -2.21. The Bertz CT molecular complexity index is 1570. The second-order valence-corrected chi connectivity index (χ2v) is 7.57. The summed E-state index contributed by atoms with van der Waals surface area (Å²) in [6, 6.07) is 26.3. The Kier molecular flexibility index (Phi) is 7.37. The molecule has 0 fully saturated rings. The van der Waals surface area contributed by atoms with Gasteiger partial charge in [-0.15, -0.1) is 0 Å². The lowest BCUT2D eigenvalue weighted by molar-refractivity contribution is 0.262. The Morgan fingerprint density at radius 3 is 2.14 bits per heavy atom. The number of aliphatic imine (C=N–C) groups is 1. The number of fused-ring (bicyclic) bond motifs is 2. The van der Waals surface area contributed by atoms with Crippen molar-refractivity contribution >= 4 is 62.6 Å². The van der Waals surface area contributed by atoms with Gasteiger partial charge in [-0.3, -0.25) is 5.32 Å². The number of halogens is 2. The number of amides is 2. The largest absolute Gasteiger partial charge is 0.326 e. The summed E-state index contributed by atoms with van der Waals surface area (Å²) >= 11 is 5.53. The third-order valence-electron chi connectivity index (χ3n) is 4.84. The molecule has 0 unspecified atom stereocenters. The third-order valence-corrected chi connectivity index (χ3v) is 5.11. The summed E-state index contributed by atoms with van der Waals surface area (Å²) < 4.78 is 12.9. The van der Waals surface area contributed by atoms with Gasteiger partial charge in [-0.25, -0.2) is 19.0 Å². The van der Waals surface area contributed by atoms with E-state index in [-0.39, 0.29) is 11.1 Å². The van der Waals surface area contributed by atoms with Crippen LogP contribution >= 0.6 is 11.6 Å². The van der Waals surface area contributed by atoms with Gasteiger partial charge in [0.2, 0.25) is 12.0 Å². The number of hydrogen-bond acceptors (Lipinski definition) is 5. The smallest absolute Gasteiger partial charge is 0.308 e. The predicted octanol–water partition coefficient (Wildman–Crippen LogP) is 6.87. The Labute approximate surface area is 204 Å². The summed E-state index contributed by atoms with van der Waals surface area (Å²) in [6.45, 7) is 0. The van der Waals surface area contributed by atoms with Crippen LogP contribution in [0.3, 0.4) is 0 Å². The van der Waals surface area contributed by atoms with Crippen molar-refractivity contribution in [2.24, 2.45) is 4.99 Å². The highest BCUT2D eigenvalue weighted by Gasteiger charge is 2.08. The van der Waals surface area contributed by atoms with Gasteiger partial charge in [0.1, 0.15) is 0 Å². The van der Waals surface area contributed by atoms with Crippen molar-refractivity contribution in [2.75, 3.05) is 10.6 Å². The predicted molar refractivity (Wildman–Crippen MR) is 135 cm³/mol. The number of anilines is 2. The number of isocyanates is 1. The van der Waals surface area contributed by atoms with Gasteiger partial charge in [0.05, 0.1) is 11.9 Å². The Morgan fingerprint density at radius 1 is 0.857 bits per heavy atom. The van der Waals surface area contributed by atoms with E-state index in [4.69, 9.17) is 11.6 Å². The van der Waals surface area contributed by atoms with E-state index in [1.165, 1.54) is 6.08 Å². The minimum absolute atomic E-state index is 0.0790. The van der Waals surface area contributed by atoms with Gasteiger partial charge >= 0.3 is 6.03 Å². The molecule has 0 saturated heterocycles. The van der Waals surface area contributed by atoms with Gasteiger partial charge in [0.25, 0.3) is 0 Å². The average Bonchev–Trinajstić information content (AvgIpc) is 2.87. The Balaban J connectivity index is 0.000000189. The number of aromatic nitrogens is 2. The zero-order chi connectivity index (χ0) is 24.6. The van der Waals surface area contributed by atoms with Crippen LogP contribution in [0.1, 0.15) is 0 Å². The zero-order valence-corrected chi connectivity index (χ0v) is 18.8. The van der Waals surface area contributed by atoms with Gasteiger partial charge in [-0.2, -0.15) is 9.98 Å². The maximum Gasteiger partial charge on any atom is 0.326 e.